The van der Waals surface area contributed by atoms with Crippen LogP contribution in [0, 0.1) is 5.92 Å². The monoisotopic (exact) mass is 246 g/mol. The average Bonchev–Trinajstić information content (AvgIpc) is 2.38. The van der Waals surface area contributed by atoms with E-state index in [2.05, 4.69) is 36.3 Å². The molecule has 18 heavy (non-hydrogen) atoms. The lowest BCUT2D eigenvalue weighted by Crippen LogP contribution is -2.21. The van der Waals surface area contributed by atoms with Crippen molar-refractivity contribution in [3.05, 3.63) is 29.6 Å². The number of hydrogen-bond donors (Lipinski definition) is 1. The molecular weight excluding hydrogens is 220 g/mol. The van der Waals surface area contributed by atoms with Crippen molar-refractivity contribution in [1.29, 1.82) is 0 Å². The van der Waals surface area contributed by atoms with Crippen LogP contribution in [0.25, 0.3) is 0 Å². The largest absolute Gasteiger partial charge is 0.316 e. The van der Waals surface area contributed by atoms with E-state index < -0.39 is 0 Å². The number of rotatable bonds is 6. The third-order valence-corrected chi connectivity index (χ3v) is 3.77. The highest BCUT2D eigenvalue weighted by Crippen LogP contribution is 2.32. The molecule has 0 aromatic carbocycles. The smallest absolute Gasteiger partial charge is 0.0466 e. The van der Waals surface area contributed by atoms with Gasteiger partial charge in [0.2, 0.25) is 0 Å². The third kappa shape index (κ3) is 3.81. The Morgan fingerprint density at radius 3 is 3.17 bits per heavy atom. The summed E-state index contributed by atoms with van der Waals surface area (Å²) in [5.41, 5.74) is 2.87. The van der Waals surface area contributed by atoms with Gasteiger partial charge in [-0.2, -0.15) is 0 Å². The van der Waals surface area contributed by atoms with E-state index in [0.29, 0.717) is 5.92 Å². The van der Waals surface area contributed by atoms with Crippen molar-refractivity contribution in [1.82, 2.24) is 10.3 Å². The zero-order valence-electron chi connectivity index (χ0n) is 11.8. The molecule has 0 spiro atoms. The molecule has 1 aliphatic carbocycles. The Kier molecular flexibility index (Phi) is 5.18. The Labute approximate surface area is 111 Å². The molecule has 1 unspecified atom stereocenters. The molecule has 1 aliphatic rings. The maximum Gasteiger partial charge on any atom is 0.0466 e. The first-order valence-electron chi connectivity index (χ1n) is 7.42. The first-order valence-corrected chi connectivity index (χ1v) is 7.42. The lowest BCUT2D eigenvalue weighted by molar-refractivity contribution is 0.470. The van der Waals surface area contributed by atoms with E-state index in [1.807, 2.05) is 6.20 Å². The fourth-order valence-corrected chi connectivity index (χ4v) is 2.85. The van der Waals surface area contributed by atoms with Crippen molar-refractivity contribution in [3.8, 4) is 0 Å². The van der Waals surface area contributed by atoms with Gasteiger partial charge in [0.15, 0.2) is 0 Å². The number of fused-ring (bicyclic) bond motifs is 1. The van der Waals surface area contributed by atoms with Crippen LogP contribution < -0.4 is 5.32 Å². The van der Waals surface area contributed by atoms with Gasteiger partial charge in [-0.1, -0.05) is 19.9 Å². The lowest BCUT2D eigenvalue weighted by Gasteiger charge is -2.24. The maximum atomic E-state index is 4.61. The average molecular weight is 246 g/mol. The molecule has 0 bridgehead atoms. The van der Waals surface area contributed by atoms with Crippen LogP contribution in [0.5, 0.6) is 0 Å². The van der Waals surface area contributed by atoms with Gasteiger partial charge >= 0.3 is 0 Å². The molecule has 1 heterocycles. The van der Waals surface area contributed by atoms with Crippen LogP contribution in [0.1, 0.15) is 56.7 Å². The van der Waals surface area contributed by atoms with Crippen molar-refractivity contribution in [2.24, 2.45) is 5.92 Å². The second kappa shape index (κ2) is 6.89. The van der Waals surface area contributed by atoms with Crippen molar-refractivity contribution < 1.29 is 0 Å². The summed E-state index contributed by atoms with van der Waals surface area (Å²) in [5, 5.41) is 3.53. The van der Waals surface area contributed by atoms with Gasteiger partial charge in [0, 0.05) is 17.8 Å². The molecule has 0 radical (unpaired) electrons. The molecular formula is C16H26N2. The van der Waals surface area contributed by atoms with Crippen molar-refractivity contribution in [2.45, 2.75) is 51.9 Å². The molecule has 1 N–H and O–H groups in total. The second-order valence-corrected chi connectivity index (χ2v) is 5.88. The minimum atomic E-state index is 0.704. The third-order valence-electron chi connectivity index (χ3n) is 3.77. The predicted octanol–water partition coefficient (Wildman–Crippen LogP) is 3.53. The Morgan fingerprint density at radius 2 is 2.33 bits per heavy atom. The number of pyridine rings is 1. The Bertz CT molecular complexity index is 360. The van der Waals surface area contributed by atoms with Gasteiger partial charge in [0.25, 0.3) is 0 Å². The Balaban J connectivity index is 1.77. The van der Waals surface area contributed by atoms with E-state index in [-0.39, 0.29) is 0 Å². The van der Waals surface area contributed by atoms with Gasteiger partial charge < -0.3 is 5.32 Å². The van der Waals surface area contributed by atoms with E-state index in [1.165, 1.54) is 43.4 Å². The molecule has 1 aromatic heterocycles. The van der Waals surface area contributed by atoms with Crippen LogP contribution in [0.15, 0.2) is 18.3 Å². The molecule has 0 saturated carbocycles. The standard InChI is InChI=1S/C16H26N2/c1-13(2)12-17-10-4-8-14-6-3-7-15-9-5-11-18-16(14)15/h5,9,11,13-14,17H,3-4,6-8,10,12H2,1-2H3. The molecule has 2 heteroatoms. The minimum absolute atomic E-state index is 0.704. The van der Waals surface area contributed by atoms with Crippen molar-refractivity contribution in [2.75, 3.05) is 13.1 Å². The topological polar surface area (TPSA) is 24.9 Å². The van der Waals surface area contributed by atoms with Crippen molar-refractivity contribution >= 4 is 0 Å². The van der Waals surface area contributed by atoms with Crippen LogP contribution in [-0.2, 0) is 6.42 Å². The normalized spacial score (nSPS) is 18.9. The molecule has 0 saturated heterocycles. The van der Waals surface area contributed by atoms with E-state index in [4.69, 9.17) is 0 Å². The molecule has 2 nitrogen and oxygen atoms in total. The van der Waals surface area contributed by atoms with Crippen LogP contribution in [0.3, 0.4) is 0 Å². The fourth-order valence-electron chi connectivity index (χ4n) is 2.85. The number of hydrogen-bond acceptors (Lipinski definition) is 2. The van der Waals surface area contributed by atoms with Crippen LogP contribution in [0.4, 0.5) is 0 Å². The molecule has 2 rings (SSSR count). The molecule has 0 aliphatic heterocycles. The van der Waals surface area contributed by atoms with Crippen LogP contribution in [0.2, 0.25) is 0 Å². The summed E-state index contributed by atoms with van der Waals surface area (Å²) in [7, 11) is 0. The first-order chi connectivity index (χ1) is 8.77. The van der Waals surface area contributed by atoms with E-state index >= 15 is 0 Å². The fraction of sp³-hybridized carbons (Fsp3) is 0.688. The lowest BCUT2D eigenvalue weighted by atomic mass is 9.84. The van der Waals surface area contributed by atoms with Crippen LogP contribution in [-0.4, -0.2) is 18.1 Å². The van der Waals surface area contributed by atoms with Gasteiger partial charge in [0.1, 0.15) is 0 Å². The Morgan fingerprint density at radius 1 is 1.44 bits per heavy atom. The Hall–Kier alpha value is -0.890. The first kappa shape index (κ1) is 13.5. The zero-order valence-corrected chi connectivity index (χ0v) is 11.8. The van der Waals surface area contributed by atoms with E-state index in [9.17, 15) is 0 Å². The summed E-state index contributed by atoms with van der Waals surface area (Å²) in [5.74, 6) is 1.46. The highest BCUT2D eigenvalue weighted by molar-refractivity contribution is 5.25. The summed E-state index contributed by atoms with van der Waals surface area (Å²) in [6, 6.07) is 4.33. The SMILES string of the molecule is CC(C)CNCCCC1CCCc2cccnc21. The van der Waals surface area contributed by atoms with Gasteiger partial charge in [-0.3, -0.25) is 4.98 Å². The molecule has 1 aromatic rings. The molecule has 0 amide bonds. The summed E-state index contributed by atoms with van der Waals surface area (Å²) in [4.78, 5) is 4.61. The van der Waals surface area contributed by atoms with Gasteiger partial charge in [0.05, 0.1) is 0 Å². The summed E-state index contributed by atoms with van der Waals surface area (Å²) in [6.45, 7) is 6.80. The van der Waals surface area contributed by atoms with E-state index in [1.54, 1.807) is 0 Å². The predicted molar refractivity (Wildman–Crippen MR) is 76.9 cm³/mol. The quantitative estimate of drug-likeness (QED) is 0.777. The highest BCUT2D eigenvalue weighted by atomic mass is 14.8. The zero-order chi connectivity index (χ0) is 12.8. The van der Waals surface area contributed by atoms with Gasteiger partial charge in [-0.15, -0.1) is 0 Å². The number of nitrogens with one attached hydrogen (secondary N) is 1. The highest BCUT2D eigenvalue weighted by Gasteiger charge is 2.20. The molecule has 0 fully saturated rings. The van der Waals surface area contributed by atoms with Gasteiger partial charge in [-0.25, -0.2) is 0 Å². The second-order valence-electron chi connectivity index (χ2n) is 5.88. The van der Waals surface area contributed by atoms with Crippen molar-refractivity contribution in [3.63, 3.8) is 0 Å². The molecule has 100 valence electrons. The number of aryl methyl sites for hydroxylation is 1. The van der Waals surface area contributed by atoms with Crippen LogP contribution >= 0.6 is 0 Å². The maximum absolute atomic E-state index is 4.61. The van der Waals surface area contributed by atoms with Gasteiger partial charge in [-0.05, 0) is 62.7 Å². The molecule has 1 atom stereocenters. The summed E-state index contributed by atoms with van der Waals surface area (Å²) < 4.78 is 0. The van der Waals surface area contributed by atoms with E-state index in [0.717, 1.165) is 19.0 Å². The number of aromatic nitrogens is 1. The summed E-state index contributed by atoms with van der Waals surface area (Å²) in [6.07, 6.45) is 8.40. The summed E-state index contributed by atoms with van der Waals surface area (Å²) >= 11 is 0. The minimum Gasteiger partial charge on any atom is -0.316 e. The number of nitrogens with zero attached hydrogens (tertiary/aromatic N) is 1.